The first-order valence-electron chi connectivity index (χ1n) is 9.46. The molecule has 5 nitrogen and oxygen atoms in total. The molecule has 0 saturated carbocycles. The monoisotopic (exact) mass is 346 g/mol. The second-order valence-electron chi connectivity index (χ2n) is 7.18. The minimum Gasteiger partial charge on any atom is -0.493 e. The van der Waals surface area contributed by atoms with Crippen LogP contribution in [0.25, 0.3) is 0 Å². The largest absolute Gasteiger partial charge is 0.493 e. The van der Waals surface area contributed by atoms with Crippen molar-refractivity contribution in [2.75, 3.05) is 46.5 Å². The van der Waals surface area contributed by atoms with Gasteiger partial charge in [-0.2, -0.15) is 0 Å². The fourth-order valence-electron chi connectivity index (χ4n) is 3.73. The molecule has 0 radical (unpaired) electrons. The number of amides is 1. The molecule has 2 saturated heterocycles. The molecule has 0 aliphatic carbocycles. The number of likely N-dealkylation sites (tertiary alicyclic amines) is 1. The van der Waals surface area contributed by atoms with Gasteiger partial charge in [0.05, 0.1) is 19.6 Å². The van der Waals surface area contributed by atoms with Crippen molar-refractivity contribution in [3.63, 3.8) is 0 Å². The van der Waals surface area contributed by atoms with Crippen molar-refractivity contribution < 1.29 is 14.3 Å². The number of carbonyl (C=O) groups is 1. The molecule has 0 spiro atoms. The molecule has 1 atom stereocenters. The van der Waals surface area contributed by atoms with Crippen molar-refractivity contribution in [1.29, 1.82) is 0 Å². The molecule has 2 aliphatic heterocycles. The lowest BCUT2D eigenvalue weighted by atomic mass is 10.0. The number of hydrogen-bond donors (Lipinski definition) is 0. The van der Waals surface area contributed by atoms with Crippen LogP contribution in [0, 0.1) is 5.92 Å². The summed E-state index contributed by atoms with van der Waals surface area (Å²) >= 11 is 0. The summed E-state index contributed by atoms with van der Waals surface area (Å²) in [6, 6.07) is 10.0. The van der Waals surface area contributed by atoms with Crippen molar-refractivity contribution in [1.82, 2.24) is 9.80 Å². The summed E-state index contributed by atoms with van der Waals surface area (Å²) in [6.07, 6.45) is 3.76. The fourth-order valence-corrected chi connectivity index (χ4v) is 3.73. The van der Waals surface area contributed by atoms with Crippen LogP contribution in [0.4, 0.5) is 0 Å². The molecule has 0 unspecified atom stereocenters. The molecule has 2 aliphatic rings. The zero-order valence-electron chi connectivity index (χ0n) is 15.2. The van der Waals surface area contributed by atoms with E-state index in [2.05, 4.69) is 4.90 Å². The smallest absolute Gasteiger partial charge is 0.225 e. The third kappa shape index (κ3) is 5.44. The van der Waals surface area contributed by atoms with Gasteiger partial charge in [0.2, 0.25) is 5.91 Å². The number of piperidine rings is 1. The Morgan fingerprint density at radius 2 is 2.00 bits per heavy atom. The van der Waals surface area contributed by atoms with E-state index in [4.69, 9.17) is 9.47 Å². The highest BCUT2D eigenvalue weighted by Gasteiger charge is 2.27. The molecule has 2 fully saturated rings. The standard InChI is InChI=1S/C20H30N2O3/c1-21(20(23)10-14-25-19-5-3-2-4-6-19)18-7-11-22(12-8-18)15-17-9-13-24-16-17/h2-6,17-18H,7-16H2,1H3/t17-/m0/s1. The van der Waals surface area contributed by atoms with Crippen molar-refractivity contribution >= 4 is 5.91 Å². The maximum Gasteiger partial charge on any atom is 0.225 e. The highest BCUT2D eigenvalue weighted by atomic mass is 16.5. The van der Waals surface area contributed by atoms with Gasteiger partial charge in [0.1, 0.15) is 5.75 Å². The highest BCUT2D eigenvalue weighted by molar-refractivity contribution is 5.76. The first kappa shape index (κ1) is 18.2. The van der Waals surface area contributed by atoms with Gasteiger partial charge in [-0.3, -0.25) is 4.79 Å². The van der Waals surface area contributed by atoms with Crippen molar-refractivity contribution in [3.05, 3.63) is 30.3 Å². The number of ether oxygens (including phenoxy) is 2. The number of rotatable bonds is 7. The van der Waals surface area contributed by atoms with Gasteiger partial charge < -0.3 is 19.3 Å². The summed E-state index contributed by atoms with van der Waals surface area (Å²) in [6.45, 7) is 5.59. The zero-order valence-corrected chi connectivity index (χ0v) is 15.2. The summed E-state index contributed by atoms with van der Waals surface area (Å²) in [7, 11) is 1.94. The minimum absolute atomic E-state index is 0.179. The molecule has 25 heavy (non-hydrogen) atoms. The van der Waals surface area contributed by atoms with E-state index in [9.17, 15) is 4.79 Å². The minimum atomic E-state index is 0.179. The molecular weight excluding hydrogens is 316 g/mol. The number of benzene rings is 1. The maximum absolute atomic E-state index is 12.4. The molecule has 5 heteroatoms. The van der Waals surface area contributed by atoms with Gasteiger partial charge in [-0.15, -0.1) is 0 Å². The van der Waals surface area contributed by atoms with E-state index in [0.29, 0.717) is 25.0 Å². The number of nitrogens with zero attached hydrogens (tertiary/aromatic N) is 2. The van der Waals surface area contributed by atoms with E-state index in [1.165, 1.54) is 6.42 Å². The molecule has 1 aromatic carbocycles. The first-order chi connectivity index (χ1) is 12.2. The molecule has 2 heterocycles. The highest BCUT2D eigenvalue weighted by Crippen LogP contribution is 2.20. The second kappa shape index (κ2) is 9.20. The van der Waals surface area contributed by atoms with Crippen LogP contribution in [0.3, 0.4) is 0 Å². The van der Waals surface area contributed by atoms with Crippen LogP contribution in [0.15, 0.2) is 30.3 Å². The van der Waals surface area contributed by atoms with Crippen molar-refractivity contribution in [3.8, 4) is 5.75 Å². The summed E-state index contributed by atoms with van der Waals surface area (Å²) in [4.78, 5) is 16.9. The SMILES string of the molecule is CN(C(=O)CCOc1ccccc1)C1CCN(C[C@@H]2CCOC2)CC1. The fraction of sp³-hybridized carbons (Fsp3) is 0.650. The third-order valence-corrected chi connectivity index (χ3v) is 5.37. The van der Waals surface area contributed by atoms with E-state index in [0.717, 1.165) is 51.4 Å². The average molecular weight is 346 g/mol. The Hall–Kier alpha value is -1.59. The summed E-state index contributed by atoms with van der Waals surface area (Å²) < 4.78 is 11.1. The van der Waals surface area contributed by atoms with Gasteiger partial charge in [0.15, 0.2) is 0 Å². The molecule has 0 aromatic heterocycles. The quantitative estimate of drug-likeness (QED) is 0.760. The Morgan fingerprint density at radius 1 is 1.24 bits per heavy atom. The van der Waals surface area contributed by atoms with E-state index >= 15 is 0 Å². The van der Waals surface area contributed by atoms with Crippen LogP contribution < -0.4 is 4.74 Å². The van der Waals surface area contributed by atoms with Crippen LogP contribution in [0.2, 0.25) is 0 Å². The Bertz CT molecular complexity index is 523. The van der Waals surface area contributed by atoms with Crippen LogP contribution in [-0.4, -0.2) is 68.3 Å². The summed E-state index contributed by atoms with van der Waals surface area (Å²) in [5, 5.41) is 0. The Morgan fingerprint density at radius 3 is 2.68 bits per heavy atom. The van der Waals surface area contributed by atoms with Gasteiger partial charge in [0, 0.05) is 39.3 Å². The number of para-hydroxylation sites is 1. The first-order valence-corrected chi connectivity index (χ1v) is 9.46. The second-order valence-corrected chi connectivity index (χ2v) is 7.18. The topological polar surface area (TPSA) is 42.0 Å². The lowest BCUT2D eigenvalue weighted by molar-refractivity contribution is -0.133. The van der Waals surface area contributed by atoms with Crippen molar-refractivity contribution in [2.45, 2.75) is 31.7 Å². The van der Waals surface area contributed by atoms with Crippen LogP contribution in [-0.2, 0) is 9.53 Å². The van der Waals surface area contributed by atoms with Gasteiger partial charge in [-0.05, 0) is 37.3 Å². The molecule has 138 valence electrons. The Labute approximate surface area is 150 Å². The molecule has 1 aromatic rings. The number of hydrogen-bond acceptors (Lipinski definition) is 4. The van der Waals surface area contributed by atoms with Crippen molar-refractivity contribution in [2.24, 2.45) is 5.92 Å². The predicted octanol–water partition coefficient (Wildman–Crippen LogP) is 2.41. The van der Waals surface area contributed by atoms with Gasteiger partial charge in [-0.1, -0.05) is 18.2 Å². The molecule has 3 rings (SSSR count). The molecular formula is C20H30N2O3. The van der Waals surface area contributed by atoms with Crippen LogP contribution in [0.1, 0.15) is 25.7 Å². The predicted molar refractivity (Wildman–Crippen MR) is 97.7 cm³/mol. The van der Waals surface area contributed by atoms with Crippen LogP contribution >= 0.6 is 0 Å². The molecule has 0 bridgehead atoms. The number of carbonyl (C=O) groups excluding carboxylic acids is 1. The normalized spacial score (nSPS) is 22.0. The summed E-state index contributed by atoms with van der Waals surface area (Å²) in [5.74, 6) is 1.70. The lowest BCUT2D eigenvalue weighted by Gasteiger charge is -2.37. The van der Waals surface area contributed by atoms with Gasteiger partial charge in [0.25, 0.3) is 0 Å². The average Bonchev–Trinajstić information content (AvgIpc) is 3.15. The van der Waals surface area contributed by atoms with Crippen LogP contribution in [0.5, 0.6) is 5.75 Å². The van der Waals surface area contributed by atoms with E-state index in [1.807, 2.05) is 42.3 Å². The molecule has 0 N–H and O–H groups in total. The summed E-state index contributed by atoms with van der Waals surface area (Å²) in [5.41, 5.74) is 0. The van der Waals surface area contributed by atoms with Gasteiger partial charge in [-0.25, -0.2) is 0 Å². The van der Waals surface area contributed by atoms with E-state index in [1.54, 1.807) is 0 Å². The van der Waals surface area contributed by atoms with Gasteiger partial charge >= 0.3 is 0 Å². The Kier molecular flexibility index (Phi) is 6.70. The van der Waals surface area contributed by atoms with E-state index in [-0.39, 0.29) is 5.91 Å². The third-order valence-electron chi connectivity index (χ3n) is 5.37. The molecule has 1 amide bonds. The van der Waals surface area contributed by atoms with E-state index < -0.39 is 0 Å². The Balaban J connectivity index is 1.35. The maximum atomic E-state index is 12.4. The lowest BCUT2D eigenvalue weighted by Crippen LogP contribution is -2.46. The zero-order chi connectivity index (χ0) is 17.5.